The Morgan fingerprint density at radius 3 is 2.58 bits per heavy atom. The molecule has 1 aromatic carbocycles. The zero-order chi connectivity index (χ0) is 14.3. The summed E-state index contributed by atoms with van der Waals surface area (Å²) in [5, 5.41) is 9.69. The van der Waals surface area contributed by atoms with Crippen molar-refractivity contribution in [3.8, 4) is 11.5 Å². The summed E-state index contributed by atoms with van der Waals surface area (Å²) in [6.45, 7) is 4.31. The number of phenolic OH excluding ortho intramolecular Hbond substituents is 1. The third-order valence-corrected chi connectivity index (χ3v) is 2.58. The molecule has 0 saturated heterocycles. The third-order valence-electron chi connectivity index (χ3n) is 2.58. The van der Waals surface area contributed by atoms with E-state index >= 15 is 0 Å². The standard InChI is InChI=1S/C14H20O5/c1-4-18-13(14(16)19-5-2)9-10-6-7-12(17-3)11(15)8-10/h6-8,13,15H,4-5,9H2,1-3H3. The van der Waals surface area contributed by atoms with E-state index in [1.807, 2.05) is 6.92 Å². The normalized spacial score (nSPS) is 11.9. The van der Waals surface area contributed by atoms with Gasteiger partial charge in [-0.2, -0.15) is 0 Å². The van der Waals surface area contributed by atoms with Crippen LogP contribution >= 0.6 is 0 Å². The number of benzene rings is 1. The number of hydrogen-bond acceptors (Lipinski definition) is 5. The summed E-state index contributed by atoms with van der Waals surface area (Å²) >= 11 is 0. The number of carbonyl (C=O) groups is 1. The highest BCUT2D eigenvalue weighted by atomic mass is 16.6. The van der Waals surface area contributed by atoms with Crippen LogP contribution in [0.2, 0.25) is 0 Å². The first-order valence-electron chi connectivity index (χ1n) is 6.26. The topological polar surface area (TPSA) is 65.0 Å². The summed E-state index contributed by atoms with van der Waals surface area (Å²) in [5.41, 5.74) is 0.782. The van der Waals surface area contributed by atoms with Crippen LogP contribution in [-0.4, -0.2) is 37.5 Å². The lowest BCUT2D eigenvalue weighted by molar-refractivity contribution is -0.156. The molecule has 5 nitrogen and oxygen atoms in total. The van der Waals surface area contributed by atoms with E-state index in [2.05, 4.69) is 0 Å². The molecule has 5 heteroatoms. The Bertz CT molecular complexity index is 416. The van der Waals surface area contributed by atoms with E-state index < -0.39 is 6.10 Å². The maximum atomic E-state index is 11.7. The summed E-state index contributed by atoms with van der Waals surface area (Å²) in [6, 6.07) is 4.99. The Hall–Kier alpha value is -1.75. The molecule has 0 bridgehead atoms. The van der Waals surface area contributed by atoms with E-state index in [9.17, 15) is 9.90 Å². The molecule has 106 valence electrons. The van der Waals surface area contributed by atoms with E-state index in [1.54, 1.807) is 25.1 Å². The number of carbonyl (C=O) groups excluding carboxylic acids is 1. The van der Waals surface area contributed by atoms with Gasteiger partial charge in [-0.3, -0.25) is 0 Å². The molecule has 0 aliphatic rings. The van der Waals surface area contributed by atoms with Gasteiger partial charge in [0.15, 0.2) is 17.6 Å². The Labute approximate surface area is 113 Å². The first-order valence-corrected chi connectivity index (χ1v) is 6.26. The van der Waals surface area contributed by atoms with Gasteiger partial charge in [-0.1, -0.05) is 6.07 Å². The van der Waals surface area contributed by atoms with Crippen molar-refractivity contribution in [3.05, 3.63) is 23.8 Å². The predicted octanol–water partition coefficient (Wildman–Crippen LogP) is 1.91. The van der Waals surface area contributed by atoms with Crippen molar-refractivity contribution in [2.45, 2.75) is 26.4 Å². The Kier molecular flexibility index (Phi) is 6.15. The fourth-order valence-electron chi connectivity index (χ4n) is 1.72. The largest absolute Gasteiger partial charge is 0.504 e. The minimum absolute atomic E-state index is 0.0408. The highest BCUT2D eigenvalue weighted by molar-refractivity contribution is 5.75. The first kappa shape index (κ1) is 15.3. The van der Waals surface area contributed by atoms with Crippen LogP contribution in [0.15, 0.2) is 18.2 Å². The molecule has 0 aliphatic carbocycles. The van der Waals surface area contributed by atoms with Crippen molar-refractivity contribution in [1.82, 2.24) is 0 Å². The van der Waals surface area contributed by atoms with E-state index in [-0.39, 0.29) is 11.7 Å². The second-order valence-corrected chi connectivity index (χ2v) is 3.91. The molecule has 0 spiro atoms. The van der Waals surface area contributed by atoms with Crippen LogP contribution in [0, 0.1) is 0 Å². The van der Waals surface area contributed by atoms with Gasteiger partial charge in [0.1, 0.15) is 0 Å². The van der Waals surface area contributed by atoms with Gasteiger partial charge in [-0.05, 0) is 31.5 Å². The van der Waals surface area contributed by atoms with Crippen molar-refractivity contribution in [2.24, 2.45) is 0 Å². The SMILES string of the molecule is CCOC(=O)C(Cc1ccc(OC)c(O)c1)OCC. The summed E-state index contributed by atoms with van der Waals surface area (Å²) in [7, 11) is 1.48. The highest BCUT2D eigenvalue weighted by Crippen LogP contribution is 2.27. The molecule has 1 rings (SSSR count). The van der Waals surface area contributed by atoms with Crippen molar-refractivity contribution in [3.63, 3.8) is 0 Å². The average molecular weight is 268 g/mol. The first-order chi connectivity index (χ1) is 9.12. The van der Waals surface area contributed by atoms with Crippen LogP contribution in [0.1, 0.15) is 19.4 Å². The molecule has 0 fully saturated rings. The molecule has 1 unspecified atom stereocenters. The van der Waals surface area contributed by atoms with Crippen molar-refractivity contribution < 1.29 is 24.1 Å². The molecule has 0 saturated carbocycles. The fourth-order valence-corrected chi connectivity index (χ4v) is 1.72. The zero-order valence-electron chi connectivity index (χ0n) is 11.5. The van der Waals surface area contributed by atoms with Gasteiger partial charge >= 0.3 is 5.97 Å². The lowest BCUT2D eigenvalue weighted by Crippen LogP contribution is -2.28. The fraction of sp³-hybridized carbons (Fsp3) is 0.500. The molecule has 1 aromatic rings. The van der Waals surface area contributed by atoms with Crippen LogP contribution < -0.4 is 4.74 Å². The second-order valence-electron chi connectivity index (χ2n) is 3.91. The number of phenols is 1. The molecule has 1 N–H and O–H groups in total. The van der Waals surface area contributed by atoms with Gasteiger partial charge in [0.2, 0.25) is 0 Å². The Morgan fingerprint density at radius 1 is 1.32 bits per heavy atom. The quantitative estimate of drug-likeness (QED) is 0.765. The van der Waals surface area contributed by atoms with Gasteiger partial charge in [0.05, 0.1) is 13.7 Å². The number of esters is 1. The van der Waals surface area contributed by atoms with Gasteiger partial charge in [0.25, 0.3) is 0 Å². The van der Waals surface area contributed by atoms with E-state index in [1.165, 1.54) is 7.11 Å². The maximum Gasteiger partial charge on any atom is 0.335 e. The lowest BCUT2D eigenvalue weighted by atomic mass is 10.1. The summed E-state index contributed by atoms with van der Waals surface area (Å²) < 4.78 is 15.3. The summed E-state index contributed by atoms with van der Waals surface area (Å²) in [6.07, 6.45) is -0.303. The van der Waals surface area contributed by atoms with E-state index in [0.717, 1.165) is 5.56 Å². The van der Waals surface area contributed by atoms with Crippen LogP contribution in [0.4, 0.5) is 0 Å². The number of aromatic hydroxyl groups is 1. The number of rotatable bonds is 7. The van der Waals surface area contributed by atoms with Crippen molar-refractivity contribution >= 4 is 5.97 Å². The van der Waals surface area contributed by atoms with Gasteiger partial charge < -0.3 is 19.3 Å². The minimum atomic E-state index is -0.655. The number of ether oxygens (including phenoxy) is 3. The van der Waals surface area contributed by atoms with E-state index in [0.29, 0.717) is 25.4 Å². The monoisotopic (exact) mass is 268 g/mol. The number of hydrogen-bond donors (Lipinski definition) is 1. The molecule has 0 radical (unpaired) electrons. The van der Waals surface area contributed by atoms with E-state index in [4.69, 9.17) is 14.2 Å². The van der Waals surface area contributed by atoms with Gasteiger partial charge in [-0.25, -0.2) is 4.79 Å². The van der Waals surface area contributed by atoms with Crippen LogP contribution in [0.25, 0.3) is 0 Å². The van der Waals surface area contributed by atoms with Crippen LogP contribution in [0.3, 0.4) is 0 Å². The average Bonchev–Trinajstić information content (AvgIpc) is 2.39. The molecule has 0 amide bonds. The van der Waals surface area contributed by atoms with Crippen molar-refractivity contribution in [2.75, 3.05) is 20.3 Å². The molecule has 0 aromatic heterocycles. The number of methoxy groups -OCH3 is 1. The Morgan fingerprint density at radius 2 is 2.05 bits per heavy atom. The second kappa shape index (κ2) is 7.63. The lowest BCUT2D eigenvalue weighted by Gasteiger charge is -2.16. The van der Waals surface area contributed by atoms with Crippen LogP contribution in [-0.2, 0) is 20.7 Å². The zero-order valence-corrected chi connectivity index (χ0v) is 11.5. The summed E-state index contributed by atoms with van der Waals surface area (Å²) in [4.78, 5) is 11.7. The molecule has 0 heterocycles. The molecular weight excluding hydrogens is 248 g/mol. The smallest absolute Gasteiger partial charge is 0.335 e. The molecular formula is C14H20O5. The highest BCUT2D eigenvalue weighted by Gasteiger charge is 2.21. The molecule has 19 heavy (non-hydrogen) atoms. The third kappa shape index (κ3) is 4.44. The van der Waals surface area contributed by atoms with Gasteiger partial charge in [0, 0.05) is 13.0 Å². The van der Waals surface area contributed by atoms with Gasteiger partial charge in [-0.15, -0.1) is 0 Å². The minimum Gasteiger partial charge on any atom is -0.504 e. The van der Waals surface area contributed by atoms with Crippen molar-refractivity contribution in [1.29, 1.82) is 0 Å². The molecule has 0 aliphatic heterocycles. The molecule has 1 atom stereocenters. The Balaban J connectivity index is 2.78. The predicted molar refractivity (Wildman–Crippen MR) is 70.4 cm³/mol. The van der Waals surface area contributed by atoms with Crippen LogP contribution in [0.5, 0.6) is 11.5 Å². The summed E-state index contributed by atoms with van der Waals surface area (Å²) in [5.74, 6) is 0.0478. The maximum absolute atomic E-state index is 11.7.